The van der Waals surface area contributed by atoms with Gasteiger partial charge in [0.25, 0.3) is 0 Å². The number of nitrogens with one attached hydrogen (secondary N) is 1. The monoisotopic (exact) mass is 407 g/mol. The Morgan fingerprint density at radius 3 is 2.38 bits per heavy atom. The van der Waals surface area contributed by atoms with Gasteiger partial charge in [-0.25, -0.2) is 0 Å². The van der Waals surface area contributed by atoms with Crippen LogP contribution in [-0.2, 0) is 4.79 Å². The van der Waals surface area contributed by atoms with Gasteiger partial charge >= 0.3 is 29.6 Å². The van der Waals surface area contributed by atoms with Crippen LogP contribution in [0.5, 0.6) is 11.5 Å². The average molecular weight is 407 g/mol. The van der Waals surface area contributed by atoms with Gasteiger partial charge in [0.1, 0.15) is 30.8 Å². The summed E-state index contributed by atoms with van der Waals surface area (Å²) in [4.78, 5) is 10.4. The zero-order valence-electron chi connectivity index (χ0n) is 17.0. The fourth-order valence-electron chi connectivity index (χ4n) is 2.62. The molecule has 0 bridgehead atoms. The Kier molecular flexibility index (Phi) is 12.3. The van der Waals surface area contributed by atoms with Crippen molar-refractivity contribution in [3.8, 4) is 11.5 Å². The van der Waals surface area contributed by atoms with E-state index in [1.54, 1.807) is 12.1 Å². The Balaban J connectivity index is 0.00000420. The van der Waals surface area contributed by atoms with Crippen molar-refractivity contribution in [1.82, 2.24) is 5.32 Å². The molecule has 2 rings (SSSR count). The molecule has 0 saturated heterocycles. The maximum Gasteiger partial charge on any atom is 1.00 e. The van der Waals surface area contributed by atoms with E-state index in [0.29, 0.717) is 18.8 Å². The molecular formula is C22H26NNaO5. The molecule has 0 aliphatic heterocycles. The van der Waals surface area contributed by atoms with Crippen molar-refractivity contribution in [3.63, 3.8) is 0 Å². The summed E-state index contributed by atoms with van der Waals surface area (Å²) in [5, 5.41) is 23.7. The van der Waals surface area contributed by atoms with Crippen molar-refractivity contribution in [2.24, 2.45) is 0 Å². The van der Waals surface area contributed by atoms with Gasteiger partial charge in [-0.05, 0) is 55.3 Å². The van der Waals surface area contributed by atoms with Crippen LogP contribution in [-0.4, -0.2) is 43.5 Å². The molecule has 29 heavy (non-hydrogen) atoms. The van der Waals surface area contributed by atoms with Crippen LogP contribution in [0.25, 0.3) is 5.57 Å². The number of aliphatic hydroxyl groups excluding tert-OH is 1. The molecule has 2 aromatic rings. The Hall–Kier alpha value is -1.83. The predicted octanol–water partition coefficient (Wildman–Crippen LogP) is -1.36. The number of rotatable bonds is 12. The minimum atomic E-state index is -1.25. The van der Waals surface area contributed by atoms with E-state index >= 15 is 0 Å². The molecule has 0 amide bonds. The number of carbonyl (C=O) groups is 1. The first-order valence-corrected chi connectivity index (χ1v) is 9.23. The summed E-state index contributed by atoms with van der Waals surface area (Å²) in [5.74, 6) is -0.0199. The number of carboxylic acids is 1. The number of carboxylic acid groups (broad SMARTS) is 1. The molecular weight excluding hydrogens is 381 g/mol. The van der Waals surface area contributed by atoms with Gasteiger partial charge in [-0.1, -0.05) is 36.4 Å². The number of aliphatic hydroxyl groups is 1. The molecule has 0 aliphatic rings. The largest absolute Gasteiger partial charge is 1.00 e. The van der Waals surface area contributed by atoms with Crippen LogP contribution in [0.3, 0.4) is 0 Å². The van der Waals surface area contributed by atoms with Crippen molar-refractivity contribution in [2.75, 3.05) is 26.3 Å². The van der Waals surface area contributed by atoms with Gasteiger partial charge in [-0.2, -0.15) is 0 Å². The third-order valence-electron chi connectivity index (χ3n) is 4.07. The quantitative estimate of drug-likeness (QED) is 0.334. The molecule has 2 aromatic carbocycles. The topological polar surface area (TPSA) is 90.8 Å². The molecule has 0 aliphatic carbocycles. The van der Waals surface area contributed by atoms with E-state index < -0.39 is 18.7 Å². The molecule has 2 N–H and O–H groups in total. The fraction of sp³-hybridized carbons (Fsp3) is 0.318. The van der Waals surface area contributed by atoms with E-state index in [9.17, 15) is 15.0 Å². The van der Waals surface area contributed by atoms with Crippen LogP contribution in [0.4, 0.5) is 0 Å². The van der Waals surface area contributed by atoms with Crippen molar-refractivity contribution in [2.45, 2.75) is 19.4 Å². The number of para-hydroxylation sites is 1. The second kappa shape index (κ2) is 14.2. The third-order valence-corrected chi connectivity index (χ3v) is 4.07. The van der Waals surface area contributed by atoms with Gasteiger partial charge in [0.2, 0.25) is 0 Å². The van der Waals surface area contributed by atoms with E-state index in [1.165, 1.54) is 0 Å². The SMILES string of the molecule is C/C=C(/CCNCC(O)COc1ccccc1)c1ccc(OCC(=O)[O-])cc1.[Na+]. The number of ether oxygens (including phenoxy) is 2. The van der Waals surface area contributed by atoms with Crippen LogP contribution in [0.15, 0.2) is 60.7 Å². The van der Waals surface area contributed by atoms with Gasteiger partial charge < -0.3 is 29.8 Å². The second-order valence-electron chi connectivity index (χ2n) is 6.23. The maximum atomic E-state index is 10.4. The summed E-state index contributed by atoms with van der Waals surface area (Å²) in [5.41, 5.74) is 2.19. The van der Waals surface area contributed by atoms with Gasteiger partial charge in [0, 0.05) is 6.54 Å². The van der Waals surface area contributed by atoms with Crippen LogP contribution in [0.1, 0.15) is 18.9 Å². The zero-order chi connectivity index (χ0) is 20.2. The van der Waals surface area contributed by atoms with Crippen LogP contribution >= 0.6 is 0 Å². The Labute approximate surface area is 193 Å². The van der Waals surface area contributed by atoms with E-state index in [0.717, 1.165) is 23.3 Å². The summed E-state index contributed by atoms with van der Waals surface area (Å²) >= 11 is 0. The minimum absolute atomic E-state index is 0. The standard InChI is InChI=1S/C22H27NO5.Na/c1-2-17(18-8-10-21(11-9-18)28-16-22(25)26)12-13-23-14-19(24)15-27-20-6-4-3-5-7-20;/h2-11,19,23-24H,12-16H2,1H3,(H,25,26);/q;+1/p-1/b17-2-;. The number of hydrogen-bond donors (Lipinski definition) is 2. The molecule has 1 unspecified atom stereocenters. The van der Waals surface area contributed by atoms with Gasteiger partial charge in [-0.15, -0.1) is 0 Å². The Morgan fingerprint density at radius 1 is 1.10 bits per heavy atom. The van der Waals surface area contributed by atoms with Gasteiger partial charge in [0.15, 0.2) is 0 Å². The molecule has 0 saturated carbocycles. The maximum absolute atomic E-state index is 10.4. The van der Waals surface area contributed by atoms with Crippen molar-refractivity contribution < 1.29 is 54.0 Å². The summed E-state index contributed by atoms with van der Waals surface area (Å²) in [6, 6.07) is 16.7. The summed E-state index contributed by atoms with van der Waals surface area (Å²) in [7, 11) is 0. The van der Waals surface area contributed by atoms with Crippen LogP contribution in [0.2, 0.25) is 0 Å². The van der Waals surface area contributed by atoms with Crippen LogP contribution < -0.4 is 49.5 Å². The first kappa shape index (κ1) is 25.2. The number of hydrogen-bond acceptors (Lipinski definition) is 6. The fourth-order valence-corrected chi connectivity index (χ4v) is 2.62. The van der Waals surface area contributed by atoms with Gasteiger partial charge in [0.05, 0.1) is 5.97 Å². The Morgan fingerprint density at radius 2 is 1.76 bits per heavy atom. The molecule has 0 fully saturated rings. The van der Waals surface area contributed by atoms with Crippen molar-refractivity contribution in [3.05, 3.63) is 66.2 Å². The number of aliphatic carboxylic acids is 1. The van der Waals surface area contributed by atoms with E-state index in [1.807, 2.05) is 55.5 Å². The minimum Gasteiger partial charge on any atom is -0.546 e. The normalized spacial score (nSPS) is 12.0. The average Bonchev–Trinajstić information content (AvgIpc) is 2.72. The van der Waals surface area contributed by atoms with E-state index in [-0.39, 0.29) is 36.2 Å². The van der Waals surface area contributed by atoms with Crippen LogP contribution in [0, 0.1) is 0 Å². The first-order chi connectivity index (χ1) is 13.6. The summed E-state index contributed by atoms with van der Waals surface area (Å²) in [6.07, 6.45) is 2.24. The molecule has 0 spiro atoms. The first-order valence-electron chi connectivity index (χ1n) is 9.23. The molecule has 1 atom stereocenters. The van der Waals surface area contributed by atoms with E-state index in [2.05, 4.69) is 5.32 Å². The van der Waals surface area contributed by atoms with Crippen molar-refractivity contribution >= 4 is 11.5 Å². The third kappa shape index (κ3) is 9.96. The number of carbonyl (C=O) groups excluding carboxylic acids is 1. The molecule has 0 aromatic heterocycles. The summed E-state index contributed by atoms with van der Waals surface area (Å²) in [6.45, 7) is 2.90. The van der Waals surface area contributed by atoms with Crippen molar-refractivity contribution in [1.29, 1.82) is 0 Å². The molecule has 7 heteroatoms. The molecule has 150 valence electrons. The smallest absolute Gasteiger partial charge is 0.546 e. The summed E-state index contributed by atoms with van der Waals surface area (Å²) < 4.78 is 10.6. The second-order valence-corrected chi connectivity index (χ2v) is 6.23. The molecule has 0 radical (unpaired) electrons. The zero-order valence-corrected chi connectivity index (χ0v) is 19.0. The van der Waals surface area contributed by atoms with Gasteiger partial charge in [-0.3, -0.25) is 0 Å². The molecule has 6 nitrogen and oxygen atoms in total. The predicted molar refractivity (Wildman–Crippen MR) is 106 cm³/mol. The van der Waals surface area contributed by atoms with E-state index in [4.69, 9.17) is 9.47 Å². The number of allylic oxidation sites excluding steroid dienone is 1. The Bertz CT molecular complexity index is 750. The molecule has 0 heterocycles. The number of benzene rings is 2.